The summed E-state index contributed by atoms with van der Waals surface area (Å²) in [5.74, 6) is -0.569. The molecule has 9 heteroatoms. The van der Waals surface area contributed by atoms with Gasteiger partial charge in [-0.3, -0.25) is 4.79 Å². The number of halogens is 1. The number of carbonyl (C=O) groups excluding carboxylic acids is 2. The van der Waals surface area contributed by atoms with Crippen LogP contribution in [-0.2, 0) is 14.3 Å². The summed E-state index contributed by atoms with van der Waals surface area (Å²) in [5.41, 5.74) is 2.99. The van der Waals surface area contributed by atoms with Crippen LogP contribution in [0.4, 0.5) is 5.69 Å². The molecule has 29 heavy (non-hydrogen) atoms. The van der Waals surface area contributed by atoms with Crippen LogP contribution in [0.2, 0.25) is 5.02 Å². The Morgan fingerprint density at radius 3 is 2.76 bits per heavy atom. The van der Waals surface area contributed by atoms with Crippen LogP contribution in [-0.4, -0.2) is 39.9 Å². The summed E-state index contributed by atoms with van der Waals surface area (Å²) in [6.45, 7) is 3.10. The molecule has 0 radical (unpaired) electrons. The van der Waals surface area contributed by atoms with Crippen molar-refractivity contribution in [1.82, 2.24) is 14.8 Å². The van der Waals surface area contributed by atoms with E-state index in [0.29, 0.717) is 22.1 Å². The fourth-order valence-electron chi connectivity index (χ4n) is 2.53. The molecule has 0 saturated carbocycles. The van der Waals surface area contributed by atoms with Crippen molar-refractivity contribution in [3.05, 3.63) is 65.2 Å². The first-order valence-corrected chi connectivity index (χ1v) is 9.11. The van der Waals surface area contributed by atoms with Gasteiger partial charge in [-0.25, -0.2) is 14.5 Å². The van der Waals surface area contributed by atoms with Crippen molar-refractivity contribution in [2.24, 2.45) is 0 Å². The first-order valence-electron chi connectivity index (χ1n) is 8.73. The van der Waals surface area contributed by atoms with Gasteiger partial charge < -0.3 is 14.8 Å². The van der Waals surface area contributed by atoms with Crippen LogP contribution in [0.3, 0.4) is 0 Å². The maximum Gasteiger partial charge on any atom is 0.344 e. The van der Waals surface area contributed by atoms with Gasteiger partial charge in [0, 0.05) is 5.02 Å². The zero-order valence-corrected chi connectivity index (χ0v) is 16.6. The van der Waals surface area contributed by atoms with Gasteiger partial charge in [-0.2, -0.15) is 5.10 Å². The molecule has 0 fully saturated rings. The summed E-state index contributed by atoms with van der Waals surface area (Å²) in [5, 5.41) is 7.12. The van der Waals surface area contributed by atoms with Crippen molar-refractivity contribution in [2.75, 3.05) is 18.5 Å². The smallest absolute Gasteiger partial charge is 0.344 e. The summed E-state index contributed by atoms with van der Waals surface area (Å²) >= 11 is 6.01. The second-order valence-electron chi connectivity index (χ2n) is 6.20. The molecule has 0 unspecified atom stereocenters. The highest BCUT2D eigenvalue weighted by atomic mass is 35.5. The lowest BCUT2D eigenvalue weighted by atomic mass is 10.1. The summed E-state index contributed by atoms with van der Waals surface area (Å²) in [6, 6.07) is 10.5. The van der Waals surface area contributed by atoms with E-state index in [9.17, 15) is 9.59 Å². The molecule has 1 aromatic heterocycles. The Hall–Kier alpha value is -3.39. The average Bonchev–Trinajstić information content (AvgIpc) is 3.22. The Morgan fingerprint density at radius 1 is 1.17 bits per heavy atom. The van der Waals surface area contributed by atoms with Gasteiger partial charge in [-0.1, -0.05) is 23.7 Å². The molecule has 2 aromatic carbocycles. The maximum atomic E-state index is 12.2. The molecule has 150 valence electrons. The third-order valence-electron chi connectivity index (χ3n) is 4.16. The van der Waals surface area contributed by atoms with E-state index < -0.39 is 18.5 Å². The molecule has 3 rings (SSSR count). The van der Waals surface area contributed by atoms with Gasteiger partial charge in [-0.15, -0.1) is 0 Å². The zero-order chi connectivity index (χ0) is 20.8. The Bertz CT molecular complexity index is 1020. The minimum absolute atomic E-state index is 0.293. The third kappa shape index (κ3) is 5.32. The molecule has 8 nitrogen and oxygen atoms in total. The van der Waals surface area contributed by atoms with Gasteiger partial charge in [-0.05, 0) is 49.2 Å². The number of carbonyl (C=O) groups is 2. The fraction of sp³-hybridized carbons (Fsp3) is 0.200. The Balaban J connectivity index is 1.54. The molecule has 0 saturated heterocycles. The van der Waals surface area contributed by atoms with Crippen molar-refractivity contribution in [2.45, 2.75) is 13.8 Å². The second kappa shape index (κ2) is 9.20. The van der Waals surface area contributed by atoms with Gasteiger partial charge in [0.05, 0.1) is 11.4 Å². The lowest BCUT2D eigenvalue weighted by Gasteiger charge is -2.12. The van der Waals surface area contributed by atoms with E-state index in [2.05, 4.69) is 15.4 Å². The van der Waals surface area contributed by atoms with Crippen LogP contribution < -0.4 is 10.1 Å². The lowest BCUT2D eigenvalue weighted by Crippen LogP contribution is -2.24. The number of anilines is 1. The zero-order valence-electron chi connectivity index (χ0n) is 15.9. The van der Waals surface area contributed by atoms with E-state index >= 15 is 0 Å². The third-order valence-corrected chi connectivity index (χ3v) is 4.40. The van der Waals surface area contributed by atoms with Crippen molar-refractivity contribution in [1.29, 1.82) is 0 Å². The van der Waals surface area contributed by atoms with E-state index in [1.54, 1.807) is 24.3 Å². The highest BCUT2D eigenvalue weighted by Gasteiger charge is 2.13. The number of hydrogen-bond acceptors (Lipinski definition) is 6. The van der Waals surface area contributed by atoms with Crippen LogP contribution in [0.25, 0.3) is 5.69 Å². The second-order valence-corrected chi connectivity index (χ2v) is 6.63. The largest absolute Gasteiger partial charge is 0.482 e. The molecule has 0 aliphatic rings. The lowest BCUT2D eigenvalue weighted by molar-refractivity contribution is -0.149. The first kappa shape index (κ1) is 20.3. The van der Waals surface area contributed by atoms with Gasteiger partial charge in [0.1, 0.15) is 18.4 Å². The van der Waals surface area contributed by atoms with E-state index in [4.69, 9.17) is 21.1 Å². The minimum atomic E-state index is -0.649. The topological polar surface area (TPSA) is 95.3 Å². The number of hydrogen-bond donors (Lipinski definition) is 1. The monoisotopic (exact) mass is 414 g/mol. The normalized spacial score (nSPS) is 10.4. The predicted octanol–water partition coefficient (Wildman–Crippen LogP) is 3.10. The molecule has 0 atom stereocenters. The quantitative estimate of drug-likeness (QED) is 0.597. The molecule has 1 heterocycles. The molecular weight excluding hydrogens is 396 g/mol. The standard InChI is InChI=1S/C20H19ClN4O4/c1-13-4-3-5-18(14(13)2)28-10-20(27)29-9-19(26)24-16-8-15(21)6-7-17(16)25-12-22-11-23-25/h3-8,11-12H,9-10H2,1-2H3,(H,24,26). The molecule has 1 amide bonds. The minimum Gasteiger partial charge on any atom is -0.482 e. The Kier molecular flexibility index (Phi) is 6.46. The number of nitrogens with zero attached hydrogens (tertiary/aromatic N) is 3. The number of amides is 1. The molecular formula is C20H19ClN4O4. The van der Waals surface area contributed by atoms with Gasteiger partial charge in [0.15, 0.2) is 13.2 Å². The predicted molar refractivity (Wildman–Crippen MR) is 107 cm³/mol. The number of aryl methyl sites for hydroxylation is 1. The van der Waals surface area contributed by atoms with Gasteiger partial charge in [0.25, 0.3) is 5.91 Å². The van der Waals surface area contributed by atoms with Gasteiger partial charge in [0.2, 0.25) is 0 Å². The molecule has 0 aliphatic carbocycles. The number of rotatable bonds is 7. The summed E-state index contributed by atoms with van der Waals surface area (Å²) in [4.78, 5) is 28.0. The van der Waals surface area contributed by atoms with E-state index in [1.807, 2.05) is 26.0 Å². The number of benzene rings is 2. The molecule has 0 spiro atoms. The van der Waals surface area contributed by atoms with Crippen molar-refractivity contribution in [3.63, 3.8) is 0 Å². The fourth-order valence-corrected chi connectivity index (χ4v) is 2.70. The average molecular weight is 415 g/mol. The summed E-state index contributed by atoms with van der Waals surface area (Å²) in [6.07, 6.45) is 2.86. The number of aromatic nitrogens is 3. The van der Waals surface area contributed by atoms with Gasteiger partial charge >= 0.3 is 5.97 Å². The van der Waals surface area contributed by atoms with Crippen LogP contribution in [0.5, 0.6) is 5.75 Å². The Labute approximate surface area is 172 Å². The van der Waals surface area contributed by atoms with Crippen LogP contribution in [0.1, 0.15) is 11.1 Å². The van der Waals surface area contributed by atoms with Crippen LogP contribution in [0.15, 0.2) is 49.1 Å². The van der Waals surface area contributed by atoms with Crippen molar-refractivity contribution in [3.8, 4) is 11.4 Å². The van der Waals surface area contributed by atoms with Crippen molar-refractivity contribution < 1.29 is 19.1 Å². The summed E-state index contributed by atoms with van der Waals surface area (Å²) in [7, 11) is 0. The van der Waals surface area contributed by atoms with Crippen LogP contribution in [0, 0.1) is 13.8 Å². The maximum absolute atomic E-state index is 12.2. The molecule has 0 bridgehead atoms. The van der Waals surface area contributed by atoms with Crippen molar-refractivity contribution >= 4 is 29.2 Å². The van der Waals surface area contributed by atoms with E-state index in [0.717, 1.165) is 11.1 Å². The van der Waals surface area contributed by atoms with E-state index in [-0.39, 0.29) is 6.61 Å². The molecule has 0 aliphatic heterocycles. The van der Waals surface area contributed by atoms with E-state index in [1.165, 1.54) is 17.3 Å². The first-order chi connectivity index (χ1) is 13.9. The molecule has 1 N–H and O–H groups in total. The highest BCUT2D eigenvalue weighted by Crippen LogP contribution is 2.24. The SMILES string of the molecule is Cc1cccc(OCC(=O)OCC(=O)Nc2cc(Cl)ccc2-n2cncn2)c1C. The number of esters is 1. The Morgan fingerprint density at radius 2 is 2.00 bits per heavy atom. The highest BCUT2D eigenvalue weighted by molar-refractivity contribution is 6.31. The molecule has 3 aromatic rings. The van der Waals surface area contributed by atoms with Crippen LogP contribution >= 0.6 is 11.6 Å². The number of ether oxygens (including phenoxy) is 2. The summed E-state index contributed by atoms with van der Waals surface area (Å²) < 4.78 is 11.9. The number of nitrogens with one attached hydrogen (secondary N) is 1.